The standard InChI is InChI=1S/C24H24FN3O3S2/c1-3-14-27-21-13-10-18(25)16-22(21)32-24(27)26-23(29)17-8-11-20(12-9-17)33(30,31)28-15-6-5-7-19(28)4-2/h1,8-13,16,19H,4-7,14-15H2,2H3. The second kappa shape index (κ2) is 9.59. The van der Waals surface area contributed by atoms with Crippen LogP contribution in [0.15, 0.2) is 52.4 Å². The van der Waals surface area contributed by atoms with E-state index >= 15 is 0 Å². The number of hydrogen-bond donors (Lipinski definition) is 0. The molecular weight excluding hydrogens is 461 g/mol. The molecule has 6 nitrogen and oxygen atoms in total. The number of nitrogens with zero attached hydrogens (tertiary/aromatic N) is 3. The number of thiazole rings is 1. The van der Waals surface area contributed by atoms with Gasteiger partial charge in [0.2, 0.25) is 10.0 Å². The number of benzene rings is 2. The Morgan fingerprint density at radius 3 is 2.70 bits per heavy atom. The fourth-order valence-corrected chi connectivity index (χ4v) is 6.95. The van der Waals surface area contributed by atoms with Crippen LogP contribution in [0.5, 0.6) is 0 Å². The van der Waals surface area contributed by atoms with Gasteiger partial charge in [-0.25, -0.2) is 12.8 Å². The Morgan fingerprint density at radius 1 is 1.24 bits per heavy atom. The zero-order valence-corrected chi connectivity index (χ0v) is 19.8. The molecule has 33 heavy (non-hydrogen) atoms. The van der Waals surface area contributed by atoms with Crippen molar-refractivity contribution in [3.05, 3.63) is 58.6 Å². The van der Waals surface area contributed by atoms with E-state index in [1.807, 2.05) is 6.92 Å². The third-order valence-corrected chi connectivity index (χ3v) is 8.85. The van der Waals surface area contributed by atoms with E-state index in [1.165, 1.54) is 47.7 Å². The third-order valence-electron chi connectivity index (χ3n) is 5.84. The minimum absolute atomic E-state index is 0.00413. The minimum atomic E-state index is -3.63. The largest absolute Gasteiger partial charge is 0.305 e. The highest BCUT2D eigenvalue weighted by molar-refractivity contribution is 7.89. The molecule has 1 atom stereocenters. The first kappa shape index (κ1) is 23.4. The Hall–Kier alpha value is -2.80. The van der Waals surface area contributed by atoms with E-state index in [0.717, 1.165) is 25.7 Å². The van der Waals surface area contributed by atoms with Crippen molar-refractivity contribution in [2.45, 2.75) is 50.1 Å². The molecule has 1 saturated heterocycles. The van der Waals surface area contributed by atoms with Gasteiger partial charge in [-0.05, 0) is 61.7 Å². The van der Waals surface area contributed by atoms with Gasteiger partial charge in [0.25, 0.3) is 5.91 Å². The number of amides is 1. The Morgan fingerprint density at radius 2 is 2.00 bits per heavy atom. The average Bonchev–Trinajstić information content (AvgIpc) is 3.15. The summed E-state index contributed by atoms with van der Waals surface area (Å²) < 4.78 is 43.8. The van der Waals surface area contributed by atoms with Crippen molar-refractivity contribution >= 4 is 37.5 Å². The van der Waals surface area contributed by atoms with Crippen LogP contribution in [0.3, 0.4) is 0 Å². The maximum Gasteiger partial charge on any atom is 0.279 e. The van der Waals surface area contributed by atoms with Crippen LogP contribution < -0.4 is 4.80 Å². The first-order valence-electron chi connectivity index (χ1n) is 10.8. The van der Waals surface area contributed by atoms with Gasteiger partial charge in [-0.3, -0.25) is 4.79 Å². The lowest BCUT2D eigenvalue weighted by Crippen LogP contribution is -2.43. The van der Waals surface area contributed by atoms with Crippen molar-refractivity contribution < 1.29 is 17.6 Å². The van der Waals surface area contributed by atoms with E-state index in [4.69, 9.17) is 6.42 Å². The van der Waals surface area contributed by atoms with Crippen LogP contribution in [0.4, 0.5) is 4.39 Å². The number of fused-ring (bicyclic) bond motifs is 1. The summed E-state index contributed by atoms with van der Waals surface area (Å²) >= 11 is 1.17. The van der Waals surface area contributed by atoms with Gasteiger partial charge in [0.15, 0.2) is 4.80 Å². The highest BCUT2D eigenvalue weighted by Gasteiger charge is 2.32. The van der Waals surface area contributed by atoms with Gasteiger partial charge in [0.05, 0.1) is 21.7 Å². The lowest BCUT2D eigenvalue weighted by molar-refractivity contribution is 0.0997. The van der Waals surface area contributed by atoms with Crippen molar-refractivity contribution in [2.75, 3.05) is 6.54 Å². The van der Waals surface area contributed by atoms with Crippen LogP contribution in [0.25, 0.3) is 10.2 Å². The van der Waals surface area contributed by atoms with E-state index in [2.05, 4.69) is 10.9 Å². The summed E-state index contributed by atoms with van der Waals surface area (Å²) in [7, 11) is -3.63. The summed E-state index contributed by atoms with van der Waals surface area (Å²) in [5, 5.41) is 0. The maximum absolute atomic E-state index is 13.6. The molecule has 0 aliphatic carbocycles. The fourth-order valence-electron chi connectivity index (χ4n) is 4.13. The van der Waals surface area contributed by atoms with Gasteiger partial charge in [-0.1, -0.05) is 30.6 Å². The van der Waals surface area contributed by atoms with Crippen LogP contribution in [0.2, 0.25) is 0 Å². The molecule has 1 amide bonds. The van der Waals surface area contributed by atoms with E-state index in [9.17, 15) is 17.6 Å². The van der Waals surface area contributed by atoms with Crippen LogP contribution in [0, 0.1) is 18.2 Å². The van der Waals surface area contributed by atoms with Crippen molar-refractivity contribution in [1.29, 1.82) is 0 Å². The van der Waals surface area contributed by atoms with Crippen LogP contribution >= 0.6 is 11.3 Å². The summed E-state index contributed by atoms with van der Waals surface area (Å²) in [5.41, 5.74) is 0.954. The topological polar surface area (TPSA) is 71.7 Å². The number of hydrogen-bond acceptors (Lipinski definition) is 4. The molecule has 1 unspecified atom stereocenters. The lowest BCUT2D eigenvalue weighted by Gasteiger charge is -2.34. The number of piperidine rings is 1. The Kier molecular flexibility index (Phi) is 6.79. The lowest BCUT2D eigenvalue weighted by atomic mass is 10.0. The molecule has 4 rings (SSSR count). The smallest absolute Gasteiger partial charge is 0.279 e. The predicted octanol–water partition coefficient (Wildman–Crippen LogP) is 4.17. The number of sulfonamides is 1. The predicted molar refractivity (Wildman–Crippen MR) is 127 cm³/mol. The van der Waals surface area contributed by atoms with Crippen molar-refractivity contribution in [1.82, 2.24) is 8.87 Å². The first-order valence-corrected chi connectivity index (χ1v) is 13.0. The second-order valence-corrected chi connectivity index (χ2v) is 10.8. The zero-order valence-electron chi connectivity index (χ0n) is 18.2. The van der Waals surface area contributed by atoms with Crippen LogP contribution in [-0.2, 0) is 16.6 Å². The quantitative estimate of drug-likeness (QED) is 0.509. The van der Waals surface area contributed by atoms with Gasteiger partial charge >= 0.3 is 0 Å². The second-order valence-electron chi connectivity index (χ2n) is 7.90. The summed E-state index contributed by atoms with van der Waals surface area (Å²) in [6.07, 6.45) is 8.97. The van der Waals surface area contributed by atoms with Crippen molar-refractivity contribution in [3.63, 3.8) is 0 Å². The van der Waals surface area contributed by atoms with E-state index < -0.39 is 15.9 Å². The molecule has 3 aromatic rings. The molecule has 2 aromatic carbocycles. The molecule has 0 saturated carbocycles. The monoisotopic (exact) mass is 485 g/mol. The summed E-state index contributed by atoms with van der Waals surface area (Å²) in [6, 6.07) is 10.2. The molecule has 0 bridgehead atoms. The third kappa shape index (κ3) is 4.64. The molecule has 1 aromatic heterocycles. The molecular formula is C24H24FN3O3S2. The Balaban J connectivity index is 1.65. The molecule has 0 N–H and O–H groups in total. The van der Waals surface area contributed by atoms with Gasteiger partial charge in [0, 0.05) is 18.2 Å². The first-order chi connectivity index (χ1) is 15.8. The average molecular weight is 486 g/mol. The fraction of sp³-hybridized carbons (Fsp3) is 0.333. The van der Waals surface area contributed by atoms with Crippen molar-refractivity contribution in [3.8, 4) is 12.3 Å². The van der Waals surface area contributed by atoms with E-state index in [0.29, 0.717) is 21.6 Å². The molecule has 172 valence electrons. The highest BCUT2D eigenvalue weighted by Crippen LogP contribution is 2.27. The number of halogens is 1. The summed E-state index contributed by atoms with van der Waals surface area (Å²) in [4.78, 5) is 17.5. The molecule has 2 heterocycles. The summed E-state index contributed by atoms with van der Waals surface area (Å²) in [5.74, 6) is 1.62. The van der Waals surface area contributed by atoms with Crippen LogP contribution in [0.1, 0.15) is 43.0 Å². The number of carbonyl (C=O) groups excluding carboxylic acids is 1. The minimum Gasteiger partial charge on any atom is -0.305 e. The zero-order chi connectivity index (χ0) is 23.6. The summed E-state index contributed by atoms with van der Waals surface area (Å²) in [6.45, 7) is 2.69. The van der Waals surface area contributed by atoms with Crippen LogP contribution in [-0.4, -0.2) is 35.8 Å². The van der Waals surface area contributed by atoms with E-state index in [-0.39, 0.29) is 28.9 Å². The molecule has 9 heteroatoms. The molecule has 0 spiro atoms. The number of carbonyl (C=O) groups is 1. The normalized spacial score (nSPS) is 17.8. The Labute approximate surface area is 196 Å². The van der Waals surface area contributed by atoms with Gasteiger partial charge in [0.1, 0.15) is 5.82 Å². The highest BCUT2D eigenvalue weighted by atomic mass is 32.2. The molecule has 0 radical (unpaired) electrons. The number of aromatic nitrogens is 1. The SMILES string of the molecule is C#CCn1c(=NC(=O)c2ccc(S(=O)(=O)N3CCCCC3CC)cc2)sc2cc(F)ccc21. The molecule has 1 fully saturated rings. The van der Waals surface area contributed by atoms with Gasteiger partial charge in [-0.2, -0.15) is 9.30 Å². The number of terminal acetylenes is 1. The number of rotatable bonds is 5. The molecule has 1 aliphatic rings. The molecule has 1 aliphatic heterocycles. The van der Waals surface area contributed by atoms with Crippen molar-refractivity contribution in [2.24, 2.45) is 4.99 Å². The van der Waals surface area contributed by atoms with Gasteiger partial charge < -0.3 is 4.57 Å². The van der Waals surface area contributed by atoms with E-state index in [1.54, 1.807) is 14.9 Å². The maximum atomic E-state index is 13.6. The van der Waals surface area contributed by atoms with Gasteiger partial charge in [-0.15, -0.1) is 6.42 Å². The Bertz CT molecular complexity index is 1400.